The van der Waals surface area contributed by atoms with E-state index >= 15 is 0 Å². The highest BCUT2D eigenvalue weighted by Gasteiger charge is 2.23. The number of hydrogen-bond acceptors (Lipinski definition) is 1. The summed E-state index contributed by atoms with van der Waals surface area (Å²) in [7, 11) is 0. The molecule has 0 N–H and O–H groups in total. The quantitative estimate of drug-likeness (QED) is 0.0680. The van der Waals surface area contributed by atoms with Crippen LogP contribution < -0.4 is 0 Å². The Morgan fingerprint density at radius 1 is 0.468 bits per heavy atom. The van der Waals surface area contributed by atoms with E-state index in [9.17, 15) is 0 Å². The average molecular weight is 649 g/mol. The van der Waals surface area contributed by atoms with Crippen LogP contribution in [-0.4, -0.2) is 9.55 Å². The number of hydrogen-bond donors (Lipinski definition) is 0. The number of aromatic nitrogens is 2. The van der Waals surface area contributed by atoms with Crippen LogP contribution in [0.2, 0.25) is 0 Å². The molecule has 0 aliphatic carbocycles. The van der Waals surface area contributed by atoms with E-state index < -0.39 is 0 Å². The Bertz CT molecular complexity index is 859. The molecule has 0 aliphatic heterocycles. The van der Waals surface area contributed by atoms with E-state index in [4.69, 9.17) is 0 Å². The number of imidazole rings is 1. The van der Waals surface area contributed by atoms with Crippen LogP contribution in [0.3, 0.4) is 0 Å². The Balaban J connectivity index is 1.64. The fraction of sp³-hybridized carbons (Fsp3) is 0.800. The zero-order chi connectivity index (χ0) is 33.3. The summed E-state index contributed by atoms with van der Waals surface area (Å²) in [5.74, 6) is 0.690. The fourth-order valence-corrected chi connectivity index (χ4v) is 7.77. The molecule has 2 nitrogen and oxygen atoms in total. The molecular weight excluding hydrogens is 569 g/mol. The van der Waals surface area contributed by atoms with Crippen LogP contribution in [-0.2, 0) is 6.42 Å². The Hall–Kier alpha value is -1.57. The van der Waals surface area contributed by atoms with E-state index in [0.717, 1.165) is 0 Å². The van der Waals surface area contributed by atoms with Crippen molar-refractivity contribution in [3.8, 4) is 0 Å². The first-order valence-corrected chi connectivity index (χ1v) is 21.4. The van der Waals surface area contributed by atoms with Crippen molar-refractivity contribution >= 4 is 0 Å². The molecule has 0 radical (unpaired) electrons. The minimum absolute atomic E-state index is 0.571. The van der Waals surface area contributed by atoms with Gasteiger partial charge in [-0.05, 0) is 30.7 Å². The third kappa shape index (κ3) is 23.4. The van der Waals surface area contributed by atoms with Gasteiger partial charge in [-0.15, -0.1) is 0 Å². The van der Waals surface area contributed by atoms with Gasteiger partial charge in [0.25, 0.3) is 0 Å². The molecule has 2 aromatic rings. The van der Waals surface area contributed by atoms with E-state index in [2.05, 4.69) is 66.3 Å². The van der Waals surface area contributed by atoms with Crippen LogP contribution in [0.1, 0.15) is 224 Å². The molecular formula is C45H80N2. The number of benzene rings is 1. The number of unbranched alkanes of at least 4 members (excludes halogenated alkanes) is 27. The molecule has 1 heterocycles. The van der Waals surface area contributed by atoms with E-state index in [-0.39, 0.29) is 0 Å². The molecule has 2 atom stereocenters. The first kappa shape index (κ1) is 41.6. The van der Waals surface area contributed by atoms with E-state index in [1.165, 1.54) is 211 Å². The lowest BCUT2D eigenvalue weighted by Crippen LogP contribution is -2.21. The summed E-state index contributed by atoms with van der Waals surface area (Å²) in [6, 6.07) is 11.9. The molecule has 1 aromatic heterocycles. The van der Waals surface area contributed by atoms with Gasteiger partial charge in [-0.25, -0.2) is 4.98 Å². The van der Waals surface area contributed by atoms with Crippen molar-refractivity contribution in [3.05, 3.63) is 54.6 Å². The van der Waals surface area contributed by atoms with Crippen LogP contribution >= 0.6 is 0 Å². The Labute approximate surface area is 294 Å². The second kappa shape index (κ2) is 31.7. The van der Waals surface area contributed by atoms with Crippen molar-refractivity contribution in [2.45, 2.75) is 225 Å². The molecule has 0 spiro atoms. The summed E-state index contributed by atoms with van der Waals surface area (Å²) >= 11 is 0. The first-order valence-electron chi connectivity index (χ1n) is 21.4. The summed E-state index contributed by atoms with van der Waals surface area (Å²) in [5, 5.41) is 0. The summed E-state index contributed by atoms with van der Waals surface area (Å²) < 4.78 is 2.46. The average Bonchev–Trinajstić information content (AvgIpc) is 3.63. The normalized spacial score (nSPS) is 12.9. The summed E-state index contributed by atoms with van der Waals surface area (Å²) in [5.41, 5.74) is 1.50. The Morgan fingerprint density at radius 2 is 0.851 bits per heavy atom. The van der Waals surface area contributed by atoms with Gasteiger partial charge in [-0.1, -0.05) is 230 Å². The molecule has 2 heteroatoms. The highest BCUT2D eigenvalue weighted by molar-refractivity contribution is 5.15. The molecule has 0 bridgehead atoms. The Morgan fingerprint density at radius 3 is 1.23 bits per heavy atom. The van der Waals surface area contributed by atoms with Gasteiger partial charge >= 0.3 is 0 Å². The van der Waals surface area contributed by atoms with Crippen molar-refractivity contribution in [1.29, 1.82) is 0 Å². The van der Waals surface area contributed by atoms with Crippen molar-refractivity contribution in [1.82, 2.24) is 9.55 Å². The molecule has 47 heavy (non-hydrogen) atoms. The second-order valence-electron chi connectivity index (χ2n) is 15.2. The molecule has 1 aromatic carbocycles. The topological polar surface area (TPSA) is 17.8 Å². The minimum Gasteiger partial charge on any atom is -0.334 e. The van der Waals surface area contributed by atoms with Crippen LogP contribution in [0.25, 0.3) is 0 Å². The zero-order valence-corrected chi connectivity index (χ0v) is 31.8. The molecule has 2 unspecified atom stereocenters. The zero-order valence-electron chi connectivity index (χ0n) is 31.8. The van der Waals surface area contributed by atoms with Gasteiger partial charge in [0.15, 0.2) is 0 Å². The van der Waals surface area contributed by atoms with Gasteiger partial charge in [-0.2, -0.15) is 0 Å². The van der Waals surface area contributed by atoms with Crippen LogP contribution in [0.15, 0.2) is 49.1 Å². The third-order valence-electron chi connectivity index (χ3n) is 10.8. The van der Waals surface area contributed by atoms with E-state index in [1.807, 2.05) is 6.20 Å². The lowest BCUT2D eigenvalue weighted by molar-refractivity contribution is 0.275. The lowest BCUT2D eigenvalue weighted by Gasteiger charge is -2.29. The van der Waals surface area contributed by atoms with Crippen LogP contribution in [0.5, 0.6) is 0 Å². The highest BCUT2D eigenvalue weighted by Crippen LogP contribution is 2.32. The molecule has 270 valence electrons. The summed E-state index contributed by atoms with van der Waals surface area (Å²) in [6.07, 6.45) is 51.7. The maximum Gasteiger partial charge on any atom is 0.0948 e. The predicted molar refractivity (Wildman–Crippen MR) is 209 cm³/mol. The van der Waals surface area contributed by atoms with Crippen molar-refractivity contribution in [2.75, 3.05) is 0 Å². The second-order valence-corrected chi connectivity index (χ2v) is 15.2. The van der Waals surface area contributed by atoms with Gasteiger partial charge < -0.3 is 4.57 Å². The number of rotatable bonds is 35. The van der Waals surface area contributed by atoms with E-state index in [0.29, 0.717) is 12.0 Å². The van der Waals surface area contributed by atoms with Crippen LogP contribution in [0, 0.1) is 5.92 Å². The SMILES string of the molecule is CCCCCCCCCCCCCCCCCC(Cc1ccccc1)C(CCCCCCCCCCCCCCCC)n1ccnc1. The van der Waals surface area contributed by atoms with E-state index in [1.54, 1.807) is 0 Å². The van der Waals surface area contributed by atoms with Gasteiger partial charge in [-0.3, -0.25) is 0 Å². The maximum atomic E-state index is 4.49. The van der Waals surface area contributed by atoms with Gasteiger partial charge in [0.2, 0.25) is 0 Å². The van der Waals surface area contributed by atoms with Gasteiger partial charge in [0.1, 0.15) is 0 Å². The van der Waals surface area contributed by atoms with Crippen molar-refractivity contribution in [2.24, 2.45) is 5.92 Å². The largest absolute Gasteiger partial charge is 0.334 e. The number of nitrogens with zero attached hydrogens (tertiary/aromatic N) is 2. The lowest BCUT2D eigenvalue weighted by atomic mass is 9.84. The molecule has 0 amide bonds. The standard InChI is InChI=1S/C45H80N2/c1-3-5-7-9-11-13-15-17-19-20-22-24-26-28-33-37-44(41-43-35-31-30-32-36-43)45(47-40-39-46-42-47)38-34-29-27-25-23-21-18-16-14-12-10-8-6-4-2/h30-32,35-36,39-40,42,44-45H,3-29,33-34,37-38,41H2,1-2H3. The molecule has 0 fully saturated rings. The molecule has 2 rings (SSSR count). The van der Waals surface area contributed by atoms with Crippen molar-refractivity contribution < 1.29 is 0 Å². The highest BCUT2D eigenvalue weighted by atomic mass is 15.1. The monoisotopic (exact) mass is 649 g/mol. The third-order valence-corrected chi connectivity index (χ3v) is 10.8. The first-order chi connectivity index (χ1) is 23.3. The minimum atomic E-state index is 0.571. The molecule has 0 aliphatic rings. The van der Waals surface area contributed by atoms with Gasteiger partial charge in [0, 0.05) is 18.4 Å². The van der Waals surface area contributed by atoms with Gasteiger partial charge in [0.05, 0.1) is 6.33 Å². The van der Waals surface area contributed by atoms with Crippen molar-refractivity contribution in [3.63, 3.8) is 0 Å². The van der Waals surface area contributed by atoms with Crippen LogP contribution in [0.4, 0.5) is 0 Å². The Kier molecular flexibility index (Phi) is 28.0. The fourth-order valence-electron chi connectivity index (χ4n) is 7.77. The smallest absolute Gasteiger partial charge is 0.0948 e. The summed E-state index contributed by atoms with van der Waals surface area (Å²) in [6.45, 7) is 4.62. The summed E-state index contributed by atoms with van der Waals surface area (Å²) in [4.78, 5) is 4.49. The molecule has 0 saturated carbocycles. The molecule has 0 saturated heterocycles. The maximum absolute atomic E-state index is 4.49. The predicted octanol–water partition coefficient (Wildman–Crippen LogP) is 15.4.